The Labute approximate surface area is 136 Å². The van der Waals surface area contributed by atoms with Crippen LogP contribution in [-0.2, 0) is 0 Å². The highest BCUT2D eigenvalue weighted by Gasteiger charge is 2.36. The quantitative estimate of drug-likeness (QED) is 0.750. The van der Waals surface area contributed by atoms with Crippen LogP contribution in [0.15, 0.2) is 54.6 Å². The first-order valence-corrected chi connectivity index (χ1v) is 11.5. The largest absolute Gasteiger partial charge is 0.372 e. The van der Waals surface area contributed by atoms with Crippen LogP contribution in [-0.4, -0.2) is 21.2 Å². The Morgan fingerprint density at radius 3 is 2.32 bits per heavy atom. The van der Waals surface area contributed by atoms with E-state index < -0.39 is 8.07 Å². The van der Waals surface area contributed by atoms with Crippen molar-refractivity contribution in [2.45, 2.75) is 38.4 Å². The van der Waals surface area contributed by atoms with Crippen molar-refractivity contribution in [1.82, 2.24) is 0 Å². The predicted octanol–water partition coefficient (Wildman–Crippen LogP) is 4.58. The minimum atomic E-state index is -1.41. The van der Waals surface area contributed by atoms with E-state index in [4.69, 9.17) is 0 Å². The number of nitrogens with zero attached hydrogens (tertiary/aromatic N) is 1. The Morgan fingerprint density at radius 1 is 0.955 bits per heavy atom. The van der Waals surface area contributed by atoms with E-state index in [1.807, 2.05) is 0 Å². The summed E-state index contributed by atoms with van der Waals surface area (Å²) in [7, 11) is -1.41. The van der Waals surface area contributed by atoms with Gasteiger partial charge in [0.1, 0.15) is 0 Å². The molecule has 0 saturated carbocycles. The molecule has 116 valence electrons. The van der Waals surface area contributed by atoms with Crippen molar-refractivity contribution >= 4 is 18.9 Å². The summed E-state index contributed by atoms with van der Waals surface area (Å²) in [6.45, 7) is 9.68. The molecule has 22 heavy (non-hydrogen) atoms. The van der Waals surface area contributed by atoms with Crippen molar-refractivity contribution < 1.29 is 0 Å². The van der Waals surface area contributed by atoms with Crippen molar-refractivity contribution in [2.24, 2.45) is 0 Å². The van der Waals surface area contributed by atoms with Gasteiger partial charge in [0.15, 0.2) is 0 Å². The lowest BCUT2D eigenvalue weighted by Gasteiger charge is -2.41. The number of benzene rings is 2. The van der Waals surface area contributed by atoms with Crippen LogP contribution in [0.3, 0.4) is 0 Å². The van der Waals surface area contributed by atoms with Gasteiger partial charge in [-0.05, 0) is 37.4 Å². The number of hydrogen-bond donors (Lipinski definition) is 0. The monoisotopic (exact) mass is 309 g/mol. The van der Waals surface area contributed by atoms with Crippen LogP contribution in [0.5, 0.6) is 0 Å². The first-order valence-electron chi connectivity index (χ1n) is 8.44. The highest BCUT2D eigenvalue weighted by atomic mass is 28.3. The third kappa shape index (κ3) is 3.12. The van der Waals surface area contributed by atoms with Crippen LogP contribution in [0.1, 0.15) is 18.4 Å². The van der Waals surface area contributed by atoms with Gasteiger partial charge in [-0.3, -0.25) is 0 Å². The minimum Gasteiger partial charge on any atom is -0.372 e. The average molecular weight is 310 g/mol. The maximum atomic E-state index is 2.60. The molecule has 1 unspecified atom stereocenters. The third-order valence-corrected chi connectivity index (χ3v) is 9.69. The zero-order chi connectivity index (χ0) is 15.6. The SMILES string of the molecule is Cc1ccc(N2CCCC([Si](C)(C)c3ccccc3)C2)cc1. The molecule has 1 fully saturated rings. The molecule has 1 nitrogen and oxygen atoms in total. The zero-order valence-corrected chi connectivity index (χ0v) is 15.0. The van der Waals surface area contributed by atoms with E-state index in [9.17, 15) is 0 Å². The Morgan fingerprint density at radius 2 is 1.64 bits per heavy atom. The van der Waals surface area contributed by atoms with Crippen molar-refractivity contribution in [3.8, 4) is 0 Å². The number of aryl methyl sites for hydroxylation is 1. The summed E-state index contributed by atoms with van der Waals surface area (Å²) in [5.74, 6) is 0. The van der Waals surface area contributed by atoms with Gasteiger partial charge in [-0.2, -0.15) is 0 Å². The number of hydrogen-bond acceptors (Lipinski definition) is 1. The second-order valence-corrected chi connectivity index (χ2v) is 12.0. The van der Waals surface area contributed by atoms with Gasteiger partial charge >= 0.3 is 0 Å². The van der Waals surface area contributed by atoms with E-state index in [2.05, 4.69) is 79.5 Å². The number of piperidine rings is 1. The molecule has 1 aliphatic rings. The highest BCUT2D eigenvalue weighted by molar-refractivity contribution is 6.91. The van der Waals surface area contributed by atoms with E-state index in [0.717, 1.165) is 5.54 Å². The second-order valence-electron chi connectivity index (χ2n) is 7.21. The lowest BCUT2D eigenvalue weighted by atomic mass is 10.1. The van der Waals surface area contributed by atoms with E-state index in [1.165, 1.54) is 37.2 Å². The summed E-state index contributed by atoms with van der Waals surface area (Å²) in [6.07, 6.45) is 2.71. The molecule has 3 rings (SSSR count). The van der Waals surface area contributed by atoms with Gasteiger partial charge in [0, 0.05) is 18.8 Å². The summed E-state index contributed by atoms with van der Waals surface area (Å²) >= 11 is 0. The predicted molar refractivity (Wildman–Crippen MR) is 99.9 cm³/mol. The smallest absolute Gasteiger partial charge is 0.0854 e. The first kappa shape index (κ1) is 15.4. The zero-order valence-electron chi connectivity index (χ0n) is 14.0. The summed E-state index contributed by atoms with van der Waals surface area (Å²) in [6, 6.07) is 20.3. The molecule has 0 spiro atoms. The molecule has 0 aromatic heterocycles. The summed E-state index contributed by atoms with van der Waals surface area (Å²) in [4.78, 5) is 2.60. The van der Waals surface area contributed by atoms with Crippen LogP contribution >= 0.6 is 0 Å². The van der Waals surface area contributed by atoms with E-state index in [0.29, 0.717) is 0 Å². The number of anilines is 1. The first-order chi connectivity index (χ1) is 10.6. The van der Waals surface area contributed by atoms with Gasteiger partial charge in [-0.25, -0.2) is 0 Å². The summed E-state index contributed by atoms with van der Waals surface area (Å²) in [5.41, 5.74) is 3.58. The van der Waals surface area contributed by atoms with Crippen LogP contribution in [0.4, 0.5) is 5.69 Å². The summed E-state index contributed by atoms with van der Waals surface area (Å²) < 4.78 is 0. The van der Waals surface area contributed by atoms with Crippen molar-refractivity contribution in [2.75, 3.05) is 18.0 Å². The van der Waals surface area contributed by atoms with E-state index >= 15 is 0 Å². The topological polar surface area (TPSA) is 3.24 Å². The fourth-order valence-corrected chi connectivity index (χ4v) is 6.79. The fraction of sp³-hybridized carbons (Fsp3) is 0.400. The van der Waals surface area contributed by atoms with Crippen molar-refractivity contribution in [1.29, 1.82) is 0 Å². The Balaban J connectivity index is 1.79. The molecule has 0 radical (unpaired) electrons. The van der Waals surface area contributed by atoms with Gasteiger partial charge < -0.3 is 4.90 Å². The number of rotatable bonds is 3. The Bertz CT molecular complexity index is 603. The molecule has 1 heterocycles. The molecule has 0 aliphatic carbocycles. The maximum absolute atomic E-state index is 2.60. The van der Waals surface area contributed by atoms with Crippen LogP contribution in [0.25, 0.3) is 0 Å². The van der Waals surface area contributed by atoms with Gasteiger partial charge in [-0.1, -0.05) is 66.3 Å². The molecule has 0 N–H and O–H groups in total. The van der Waals surface area contributed by atoms with Gasteiger partial charge in [0.25, 0.3) is 0 Å². The molecular formula is C20H27NSi. The molecule has 1 atom stereocenters. The summed E-state index contributed by atoms with van der Waals surface area (Å²) in [5, 5.41) is 1.60. The second kappa shape index (κ2) is 6.29. The molecule has 0 amide bonds. The molecular weight excluding hydrogens is 282 g/mol. The van der Waals surface area contributed by atoms with Gasteiger partial charge in [0.2, 0.25) is 0 Å². The van der Waals surface area contributed by atoms with E-state index in [1.54, 1.807) is 5.19 Å². The molecule has 2 heteroatoms. The molecule has 1 saturated heterocycles. The Hall–Kier alpha value is -1.54. The lowest BCUT2D eigenvalue weighted by Crippen LogP contribution is -2.51. The van der Waals surface area contributed by atoms with Gasteiger partial charge in [0.05, 0.1) is 8.07 Å². The Kier molecular flexibility index (Phi) is 4.39. The average Bonchev–Trinajstić information content (AvgIpc) is 2.56. The highest BCUT2D eigenvalue weighted by Crippen LogP contribution is 2.33. The maximum Gasteiger partial charge on any atom is 0.0854 e. The van der Waals surface area contributed by atoms with Crippen LogP contribution < -0.4 is 10.1 Å². The minimum absolute atomic E-state index is 0.838. The third-order valence-electron chi connectivity index (χ3n) is 5.36. The normalized spacial score (nSPS) is 19.2. The molecule has 0 bridgehead atoms. The lowest BCUT2D eigenvalue weighted by molar-refractivity contribution is 0.566. The van der Waals surface area contributed by atoms with E-state index in [-0.39, 0.29) is 0 Å². The van der Waals surface area contributed by atoms with Crippen molar-refractivity contribution in [3.05, 3.63) is 60.2 Å². The molecule has 1 aliphatic heterocycles. The standard InChI is InChI=1S/C20H27NSi/c1-17-11-13-18(14-12-17)21-15-7-10-20(16-21)22(2,3)19-8-5-4-6-9-19/h4-6,8-9,11-14,20H,7,10,15-16H2,1-3H3. The van der Waals surface area contributed by atoms with Crippen LogP contribution in [0.2, 0.25) is 18.6 Å². The van der Waals surface area contributed by atoms with Crippen molar-refractivity contribution in [3.63, 3.8) is 0 Å². The fourth-order valence-electron chi connectivity index (χ4n) is 3.66. The van der Waals surface area contributed by atoms with Gasteiger partial charge in [-0.15, -0.1) is 0 Å². The molecule has 2 aromatic carbocycles. The molecule has 2 aromatic rings. The van der Waals surface area contributed by atoms with Crippen LogP contribution in [0, 0.1) is 6.92 Å².